The van der Waals surface area contributed by atoms with Crippen LogP contribution in [0.15, 0.2) is 0 Å². The van der Waals surface area contributed by atoms with Crippen molar-refractivity contribution in [2.75, 3.05) is 26.5 Å². The fourth-order valence-electron chi connectivity index (χ4n) is 1.49. The Kier molecular flexibility index (Phi) is 5.20. The molecule has 110 valence electrons. The molecule has 0 spiro atoms. The van der Waals surface area contributed by atoms with E-state index >= 15 is 0 Å². The number of nitrogens with zero attached hydrogens (tertiary/aromatic N) is 2. The van der Waals surface area contributed by atoms with Gasteiger partial charge in [-0.25, -0.2) is 9.78 Å². The fraction of sp³-hybridized carbons (Fsp3) is 0.500. The van der Waals surface area contributed by atoms with Crippen LogP contribution in [-0.4, -0.2) is 54.8 Å². The molecule has 0 aliphatic rings. The number of carbonyl (C=O) groups excluding carboxylic acids is 3. The molecule has 1 aromatic rings. The number of anilines is 1. The first-order chi connectivity index (χ1) is 9.27. The van der Waals surface area contributed by atoms with Crippen LogP contribution in [0.1, 0.15) is 34.0 Å². The highest BCUT2D eigenvalue weighted by molar-refractivity contribution is 7.17. The van der Waals surface area contributed by atoms with Gasteiger partial charge in [0, 0.05) is 21.0 Å². The minimum absolute atomic E-state index is 0.0306. The van der Waals surface area contributed by atoms with E-state index in [-0.39, 0.29) is 22.3 Å². The van der Waals surface area contributed by atoms with Gasteiger partial charge in [-0.2, -0.15) is 0 Å². The van der Waals surface area contributed by atoms with Crippen molar-refractivity contribution in [3.63, 3.8) is 0 Å². The molecule has 1 unspecified atom stereocenters. The fourth-order valence-corrected chi connectivity index (χ4v) is 2.43. The number of esters is 1. The van der Waals surface area contributed by atoms with Gasteiger partial charge in [0.05, 0.1) is 7.11 Å². The number of nitrogens with one attached hydrogen (secondary N) is 1. The Hall–Kier alpha value is -1.96. The van der Waals surface area contributed by atoms with Gasteiger partial charge >= 0.3 is 5.97 Å². The largest absolute Gasteiger partial charge is 0.464 e. The molecule has 0 aliphatic heterocycles. The third-order valence-corrected chi connectivity index (χ3v) is 3.56. The topological polar surface area (TPSA) is 88.6 Å². The summed E-state index contributed by atoms with van der Waals surface area (Å²) < 4.78 is 4.58. The molecule has 1 atom stereocenters. The minimum Gasteiger partial charge on any atom is -0.464 e. The predicted octanol–water partition coefficient (Wildman–Crippen LogP) is 1.02. The van der Waals surface area contributed by atoms with Gasteiger partial charge in [0.25, 0.3) is 0 Å². The van der Waals surface area contributed by atoms with E-state index in [2.05, 4.69) is 15.0 Å². The normalized spacial score (nSPS) is 11.7. The SMILES string of the molecule is COC(=O)c1nc(NC(C)C(=O)N(C)C)sc1C(C)=O. The molecule has 1 rings (SSSR count). The molecule has 8 heteroatoms. The highest BCUT2D eigenvalue weighted by Crippen LogP contribution is 2.25. The standard InChI is InChI=1S/C12H17N3O4S/c1-6(10(17)15(3)4)13-12-14-8(11(18)19-5)9(20-12)7(2)16/h6H,1-5H3,(H,13,14). The van der Waals surface area contributed by atoms with Crippen molar-refractivity contribution in [2.45, 2.75) is 19.9 Å². The maximum atomic E-state index is 11.7. The summed E-state index contributed by atoms with van der Waals surface area (Å²) in [4.78, 5) is 40.5. The van der Waals surface area contributed by atoms with Gasteiger partial charge in [-0.3, -0.25) is 9.59 Å². The van der Waals surface area contributed by atoms with E-state index in [0.717, 1.165) is 11.3 Å². The van der Waals surface area contributed by atoms with Gasteiger partial charge in [-0.05, 0) is 6.92 Å². The Morgan fingerprint density at radius 1 is 1.35 bits per heavy atom. The van der Waals surface area contributed by atoms with Crippen LogP contribution in [-0.2, 0) is 9.53 Å². The lowest BCUT2D eigenvalue weighted by Gasteiger charge is -2.17. The second-order valence-corrected chi connectivity index (χ2v) is 5.34. The number of thiazole rings is 1. The van der Waals surface area contributed by atoms with Crippen molar-refractivity contribution < 1.29 is 19.1 Å². The third kappa shape index (κ3) is 3.53. The van der Waals surface area contributed by atoms with Crippen molar-refractivity contribution in [3.8, 4) is 0 Å². The average molecular weight is 299 g/mol. The van der Waals surface area contributed by atoms with Crippen LogP contribution in [0.5, 0.6) is 0 Å². The number of carbonyl (C=O) groups is 3. The van der Waals surface area contributed by atoms with Gasteiger partial charge in [0.15, 0.2) is 16.6 Å². The van der Waals surface area contributed by atoms with Crippen molar-refractivity contribution in [1.29, 1.82) is 0 Å². The number of Topliss-reactive ketones (excluding diaryl/α,β-unsaturated/α-hetero) is 1. The Morgan fingerprint density at radius 2 is 1.95 bits per heavy atom. The molecule has 1 N–H and O–H groups in total. The zero-order chi connectivity index (χ0) is 15.4. The second-order valence-electron chi connectivity index (χ2n) is 4.34. The average Bonchev–Trinajstić information content (AvgIpc) is 2.80. The summed E-state index contributed by atoms with van der Waals surface area (Å²) in [6.07, 6.45) is 0. The van der Waals surface area contributed by atoms with Gasteiger partial charge < -0.3 is 15.0 Å². The van der Waals surface area contributed by atoms with Gasteiger partial charge in [0.1, 0.15) is 10.9 Å². The van der Waals surface area contributed by atoms with Crippen LogP contribution in [0.2, 0.25) is 0 Å². The number of hydrogen-bond donors (Lipinski definition) is 1. The number of hydrogen-bond acceptors (Lipinski definition) is 7. The molecule has 1 amide bonds. The molecular formula is C12H17N3O4S. The van der Waals surface area contributed by atoms with E-state index in [9.17, 15) is 14.4 Å². The van der Waals surface area contributed by atoms with Crippen LogP contribution in [0.4, 0.5) is 5.13 Å². The first-order valence-electron chi connectivity index (χ1n) is 5.85. The highest BCUT2D eigenvalue weighted by atomic mass is 32.1. The highest BCUT2D eigenvalue weighted by Gasteiger charge is 2.23. The monoisotopic (exact) mass is 299 g/mol. The molecule has 0 aliphatic carbocycles. The molecule has 1 heterocycles. The molecule has 0 saturated heterocycles. The van der Waals surface area contributed by atoms with E-state index in [1.54, 1.807) is 21.0 Å². The Bertz CT molecular complexity index is 539. The molecule has 0 bridgehead atoms. The van der Waals surface area contributed by atoms with Gasteiger partial charge in [-0.1, -0.05) is 11.3 Å². The summed E-state index contributed by atoms with van der Waals surface area (Å²) in [5.74, 6) is -1.09. The lowest BCUT2D eigenvalue weighted by molar-refractivity contribution is -0.129. The maximum absolute atomic E-state index is 11.7. The Balaban J connectivity index is 3.01. The van der Waals surface area contributed by atoms with E-state index < -0.39 is 12.0 Å². The number of likely N-dealkylation sites (N-methyl/N-ethyl adjacent to an activating group) is 1. The van der Waals surface area contributed by atoms with Crippen molar-refractivity contribution in [3.05, 3.63) is 10.6 Å². The van der Waals surface area contributed by atoms with Crippen molar-refractivity contribution in [2.24, 2.45) is 0 Å². The number of ketones is 1. The molecule has 0 saturated carbocycles. The Labute approximate surface area is 120 Å². The number of rotatable bonds is 5. The van der Waals surface area contributed by atoms with E-state index in [1.165, 1.54) is 18.9 Å². The van der Waals surface area contributed by atoms with Gasteiger partial charge in [0.2, 0.25) is 5.91 Å². The van der Waals surface area contributed by atoms with Crippen molar-refractivity contribution in [1.82, 2.24) is 9.88 Å². The first kappa shape index (κ1) is 16.1. The summed E-state index contributed by atoms with van der Waals surface area (Å²) in [7, 11) is 4.50. The molecule has 0 radical (unpaired) electrons. The molecule has 0 aromatic carbocycles. The summed E-state index contributed by atoms with van der Waals surface area (Å²) in [6, 6.07) is -0.513. The Morgan fingerprint density at radius 3 is 2.40 bits per heavy atom. The molecule has 20 heavy (non-hydrogen) atoms. The lowest BCUT2D eigenvalue weighted by Crippen LogP contribution is -2.36. The van der Waals surface area contributed by atoms with E-state index in [4.69, 9.17) is 0 Å². The number of amides is 1. The maximum Gasteiger partial charge on any atom is 0.358 e. The summed E-state index contributed by atoms with van der Waals surface area (Å²) in [5, 5.41) is 3.21. The van der Waals surface area contributed by atoms with Crippen LogP contribution < -0.4 is 5.32 Å². The summed E-state index contributed by atoms with van der Waals surface area (Å²) in [6.45, 7) is 3.02. The van der Waals surface area contributed by atoms with Crippen LogP contribution >= 0.6 is 11.3 Å². The van der Waals surface area contributed by atoms with E-state index in [1.807, 2.05) is 0 Å². The predicted molar refractivity (Wildman–Crippen MR) is 75.2 cm³/mol. The van der Waals surface area contributed by atoms with Crippen LogP contribution in [0, 0.1) is 0 Å². The zero-order valence-electron chi connectivity index (χ0n) is 12.0. The number of ether oxygens (including phenoxy) is 1. The first-order valence-corrected chi connectivity index (χ1v) is 6.67. The molecular weight excluding hydrogens is 282 g/mol. The van der Waals surface area contributed by atoms with Crippen molar-refractivity contribution >= 4 is 34.1 Å². The zero-order valence-corrected chi connectivity index (χ0v) is 12.8. The third-order valence-electron chi connectivity index (χ3n) is 2.48. The lowest BCUT2D eigenvalue weighted by atomic mass is 10.3. The number of aromatic nitrogens is 1. The smallest absolute Gasteiger partial charge is 0.358 e. The molecule has 1 aromatic heterocycles. The minimum atomic E-state index is -0.675. The van der Waals surface area contributed by atoms with Crippen LogP contribution in [0.3, 0.4) is 0 Å². The second kappa shape index (κ2) is 6.47. The van der Waals surface area contributed by atoms with Gasteiger partial charge in [-0.15, -0.1) is 0 Å². The molecule has 7 nitrogen and oxygen atoms in total. The summed E-state index contributed by atoms with van der Waals surface area (Å²) in [5.41, 5.74) is -0.0306. The number of methoxy groups -OCH3 is 1. The quantitative estimate of drug-likeness (QED) is 0.645. The molecule has 0 fully saturated rings. The summed E-state index contributed by atoms with van der Waals surface area (Å²) >= 11 is 1.03. The van der Waals surface area contributed by atoms with Crippen LogP contribution in [0.25, 0.3) is 0 Å². The van der Waals surface area contributed by atoms with E-state index in [0.29, 0.717) is 5.13 Å².